The monoisotopic (exact) mass is 222 g/mol. The molecule has 16 heavy (non-hydrogen) atoms. The summed E-state index contributed by atoms with van der Waals surface area (Å²) in [6.07, 6.45) is 5.73. The molecule has 5 nitrogen and oxygen atoms in total. The van der Waals surface area contributed by atoms with Crippen LogP contribution in [0.25, 0.3) is 0 Å². The Morgan fingerprint density at radius 1 is 1.50 bits per heavy atom. The van der Waals surface area contributed by atoms with Crippen LogP contribution in [0, 0.1) is 5.92 Å². The Kier molecular flexibility index (Phi) is 3.99. The molecule has 0 aromatic carbocycles. The maximum atomic E-state index is 11.5. The Balaban J connectivity index is 2.60. The first-order chi connectivity index (χ1) is 7.56. The molecular formula is C11H14N2O3. The van der Waals surface area contributed by atoms with E-state index in [2.05, 4.69) is 5.32 Å². The predicted octanol–water partition coefficient (Wildman–Crippen LogP) is 0.545. The standard InChI is InChI=1S/C11H14N2O3/c1-3-5-12-9(14)4-6-13-10(15)7-8(2)11(13)16/h3-6,8H,7H2,1-2H3,(H,12,14)/b5-3+,6-4+. The van der Waals surface area contributed by atoms with E-state index in [4.69, 9.17) is 0 Å². The molecule has 0 spiro atoms. The highest BCUT2D eigenvalue weighted by atomic mass is 16.2. The zero-order valence-corrected chi connectivity index (χ0v) is 9.27. The fourth-order valence-corrected chi connectivity index (χ4v) is 1.32. The minimum absolute atomic E-state index is 0.208. The van der Waals surface area contributed by atoms with Crippen molar-refractivity contribution in [2.75, 3.05) is 0 Å². The van der Waals surface area contributed by atoms with E-state index in [1.165, 1.54) is 12.4 Å². The topological polar surface area (TPSA) is 66.5 Å². The summed E-state index contributed by atoms with van der Waals surface area (Å²) >= 11 is 0. The fraction of sp³-hybridized carbons (Fsp3) is 0.364. The first kappa shape index (κ1) is 12.2. The summed E-state index contributed by atoms with van der Waals surface area (Å²) in [6, 6.07) is 0. The van der Waals surface area contributed by atoms with Crippen molar-refractivity contribution in [1.29, 1.82) is 0 Å². The van der Waals surface area contributed by atoms with E-state index in [0.29, 0.717) is 0 Å². The Hall–Kier alpha value is -1.91. The Morgan fingerprint density at radius 3 is 2.69 bits per heavy atom. The number of carbonyl (C=O) groups is 3. The minimum atomic E-state index is -0.377. The molecule has 0 aliphatic carbocycles. The highest BCUT2D eigenvalue weighted by Gasteiger charge is 2.33. The lowest BCUT2D eigenvalue weighted by Crippen LogP contribution is -2.25. The first-order valence-corrected chi connectivity index (χ1v) is 5.02. The van der Waals surface area contributed by atoms with Gasteiger partial charge in [0, 0.05) is 24.6 Å². The van der Waals surface area contributed by atoms with Gasteiger partial charge in [0.15, 0.2) is 0 Å². The second kappa shape index (κ2) is 5.25. The fourth-order valence-electron chi connectivity index (χ4n) is 1.32. The van der Waals surface area contributed by atoms with Gasteiger partial charge in [-0.25, -0.2) is 0 Å². The molecule has 1 heterocycles. The second-order valence-electron chi connectivity index (χ2n) is 3.53. The molecule has 1 unspecified atom stereocenters. The molecule has 0 aromatic heterocycles. The molecule has 1 aliphatic rings. The summed E-state index contributed by atoms with van der Waals surface area (Å²) < 4.78 is 0. The number of imide groups is 1. The molecule has 0 saturated carbocycles. The van der Waals surface area contributed by atoms with E-state index >= 15 is 0 Å². The van der Waals surface area contributed by atoms with Crippen LogP contribution in [-0.2, 0) is 14.4 Å². The maximum Gasteiger partial charge on any atom is 0.249 e. The van der Waals surface area contributed by atoms with E-state index in [-0.39, 0.29) is 30.1 Å². The number of amides is 3. The summed E-state index contributed by atoms with van der Waals surface area (Å²) in [5.41, 5.74) is 0. The van der Waals surface area contributed by atoms with Crippen LogP contribution in [0.2, 0.25) is 0 Å². The first-order valence-electron chi connectivity index (χ1n) is 5.02. The summed E-state index contributed by atoms with van der Waals surface area (Å²) in [5, 5.41) is 2.44. The van der Waals surface area contributed by atoms with Crippen molar-refractivity contribution in [1.82, 2.24) is 10.2 Å². The van der Waals surface area contributed by atoms with Gasteiger partial charge in [-0.1, -0.05) is 13.0 Å². The Morgan fingerprint density at radius 2 is 2.19 bits per heavy atom. The average molecular weight is 222 g/mol. The van der Waals surface area contributed by atoms with Crippen LogP contribution < -0.4 is 5.32 Å². The molecule has 0 bridgehead atoms. The molecule has 0 aromatic rings. The zero-order chi connectivity index (χ0) is 12.1. The molecule has 3 amide bonds. The van der Waals surface area contributed by atoms with Crippen LogP contribution >= 0.6 is 0 Å². The van der Waals surface area contributed by atoms with Gasteiger partial charge in [0.25, 0.3) is 0 Å². The van der Waals surface area contributed by atoms with Crippen LogP contribution in [0.4, 0.5) is 0 Å². The third-order valence-corrected chi connectivity index (χ3v) is 2.18. The van der Waals surface area contributed by atoms with E-state index in [1.807, 2.05) is 0 Å². The van der Waals surface area contributed by atoms with Gasteiger partial charge in [-0.15, -0.1) is 0 Å². The zero-order valence-electron chi connectivity index (χ0n) is 9.27. The highest BCUT2D eigenvalue weighted by Crippen LogP contribution is 2.18. The van der Waals surface area contributed by atoms with Gasteiger partial charge in [0.05, 0.1) is 0 Å². The normalized spacial score (nSPS) is 21.4. The molecule has 1 fully saturated rings. The number of rotatable bonds is 3. The molecule has 1 saturated heterocycles. The average Bonchev–Trinajstić information content (AvgIpc) is 2.48. The summed E-state index contributed by atoms with van der Waals surface area (Å²) in [5.74, 6) is -1.21. The van der Waals surface area contributed by atoms with Gasteiger partial charge >= 0.3 is 0 Å². The number of hydrogen-bond acceptors (Lipinski definition) is 3. The smallest absolute Gasteiger partial charge is 0.249 e. The lowest BCUT2D eigenvalue weighted by molar-refractivity contribution is -0.135. The molecular weight excluding hydrogens is 208 g/mol. The number of nitrogens with zero attached hydrogens (tertiary/aromatic N) is 1. The second-order valence-corrected chi connectivity index (χ2v) is 3.53. The molecule has 1 rings (SSSR count). The van der Waals surface area contributed by atoms with Gasteiger partial charge in [0.1, 0.15) is 0 Å². The number of hydrogen-bond donors (Lipinski definition) is 1. The van der Waals surface area contributed by atoms with Gasteiger partial charge in [0.2, 0.25) is 17.7 Å². The lowest BCUT2D eigenvalue weighted by Gasteiger charge is -2.06. The lowest BCUT2D eigenvalue weighted by atomic mass is 10.1. The van der Waals surface area contributed by atoms with E-state index < -0.39 is 0 Å². The number of carbonyl (C=O) groups excluding carboxylic acids is 3. The summed E-state index contributed by atoms with van der Waals surface area (Å²) in [4.78, 5) is 34.9. The molecule has 1 N–H and O–H groups in total. The van der Waals surface area contributed by atoms with Crippen LogP contribution in [0.3, 0.4) is 0 Å². The Labute approximate surface area is 93.8 Å². The van der Waals surface area contributed by atoms with Crippen molar-refractivity contribution in [3.8, 4) is 0 Å². The predicted molar refractivity (Wildman–Crippen MR) is 57.7 cm³/mol. The van der Waals surface area contributed by atoms with Crippen molar-refractivity contribution in [3.63, 3.8) is 0 Å². The van der Waals surface area contributed by atoms with Crippen molar-refractivity contribution in [2.45, 2.75) is 20.3 Å². The van der Waals surface area contributed by atoms with Gasteiger partial charge in [-0.05, 0) is 13.1 Å². The largest absolute Gasteiger partial charge is 0.329 e. The van der Waals surface area contributed by atoms with Gasteiger partial charge < -0.3 is 5.32 Å². The van der Waals surface area contributed by atoms with Crippen LogP contribution in [0.5, 0.6) is 0 Å². The molecule has 0 radical (unpaired) electrons. The van der Waals surface area contributed by atoms with Gasteiger partial charge in [-0.3, -0.25) is 19.3 Å². The summed E-state index contributed by atoms with van der Waals surface area (Å²) in [7, 11) is 0. The molecule has 86 valence electrons. The maximum absolute atomic E-state index is 11.5. The van der Waals surface area contributed by atoms with Crippen LogP contribution in [0.15, 0.2) is 24.6 Å². The van der Waals surface area contributed by atoms with Crippen LogP contribution in [-0.4, -0.2) is 22.6 Å². The Bertz CT molecular complexity index is 371. The minimum Gasteiger partial charge on any atom is -0.329 e. The number of likely N-dealkylation sites (tertiary alicyclic amines) is 1. The van der Waals surface area contributed by atoms with Crippen molar-refractivity contribution >= 4 is 17.7 Å². The highest BCUT2D eigenvalue weighted by molar-refractivity contribution is 6.05. The van der Waals surface area contributed by atoms with E-state index in [1.54, 1.807) is 19.9 Å². The van der Waals surface area contributed by atoms with Crippen LogP contribution in [0.1, 0.15) is 20.3 Å². The third-order valence-electron chi connectivity index (χ3n) is 2.18. The van der Waals surface area contributed by atoms with Crippen molar-refractivity contribution in [2.24, 2.45) is 5.92 Å². The summed E-state index contributed by atoms with van der Waals surface area (Å²) in [6.45, 7) is 3.45. The van der Waals surface area contributed by atoms with E-state index in [9.17, 15) is 14.4 Å². The molecule has 1 aliphatic heterocycles. The SMILES string of the molecule is C/C=C/NC(=O)/C=C/N1C(=O)CC(C)C1=O. The van der Waals surface area contributed by atoms with E-state index in [0.717, 1.165) is 11.0 Å². The number of nitrogens with one attached hydrogen (secondary N) is 1. The number of allylic oxidation sites excluding steroid dienone is 1. The molecule has 1 atom stereocenters. The quantitative estimate of drug-likeness (QED) is 0.560. The molecule has 5 heteroatoms. The van der Waals surface area contributed by atoms with Crippen molar-refractivity contribution < 1.29 is 14.4 Å². The van der Waals surface area contributed by atoms with Gasteiger partial charge in [-0.2, -0.15) is 0 Å². The van der Waals surface area contributed by atoms with Crippen molar-refractivity contribution in [3.05, 3.63) is 24.6 Å². The third kappa shape index (κ3) is 2.79.